The van der Waals surface area contributed by atoms with Crippen LogP contribution in [0.15, 0.2) is 0 Å². The molecular weight excluding hydrogens is 148 g/mol. The van der Waals surface area contributed by atoms with Crippen LogP contribution >= 0.6 is 0 Å². The first-order valence-corrected chi connectivity index (χ1v) is 4.05. The summed E-state index contributed by atoms with van der Waals surface area (Å²) in [7, 11) is 3.91. The van der Waals surface area contributed by atoms with Crippen LogP contribution in [-0.4, -0.2) is 31.0 Å². The van der Waals surface area contributed by atoms with Gasteiger partial charge in [-0.15, -0.1) is 0 Å². The molecule has 0 radical (unpaired) electrons. The predicted octanol–water partition coefficient (Wildman–Crippen LogP) is 2.13. The molecule has 0 spiro atoms. The van der Waals surface area contributed by atoms with Gasteiger partial charge in [0.2, 0.25) is 5.92 Å². The standard InChI is InChI=1S/C8H15F2N/c1-11(2)7-3-5-8(9,10)6-4-7/h7H,3-6H2,1-2H3. The Kier molecular flexibility index (Phi) is 2.47. The molecule has 0 heterocycles. The lowest BCUT2D eigenvalue weighted by Crippen LogP contribution is -2.36. The van der Waals surface area contributed by atoms with Crippen molar-refractivity contribution in [2.45, 2.75) is 37.6 Å². The maximum absolute atomic E-state index is 12.6. The van der Waals surface area contributed by atoms with Crippen LogP contribution in [0.3, 0.4) is 0 Å². The van der Waals surface area contributed by atoms with Crippen molar-refractivity contribution in [1.29, 1.82) is 0 Å². The molecule has 1 saturated carbocycles. The van der Waals surface area contributed by atoms with Crippen molar-refractivity contribution >= 4 is 0 Å². The number of halogens is 2. The third-order valence-electron chi connectivity index (χ3n) is 2.42. The highest BCUT2D eigenvalue weighted by molar-refractivity contribution is 4.80. The fourth-order valence-corrected chi connectivity index (χ4v) is 1.54. The average molecular weight is 163 g/mol. The van der Waals surface area contributed by atoms with Gasteiger partial charge in [-0.2, -0.15) is 0 Å². The molecule has 0 unspecified atom stereocenters. The van der Waals surface area contributed by atoms with Gasteiger partial charge in [0.05, 0.1) is 0 Å². The van der Waals surface area contributed by atoms with Crippen molar-refractivity contribution in [2.24, 2.45) is 0 Å². The van der Waals surface area contributed by atoms with Gasteiger partial charge in [0.25, 0.3) is 0 Å². The molecule has 1 rings (SSSR count). The van der Waals surface area contributed by atoms with Gasteiger partial charge in [-0.05, 0) is 26.9 Å². The molecule has 0 N–H and O–H groups in total. The second kappa shape index (κ2) is 3.05. The van der Waals surface area contributed by atoms with Crippen molar-refractivity contribution in [3.63, 3.8) is 0 Å². The van der Waals surface area contributed by atoms with Crippen molar-refractivity contribution < 1.29 is 8.78 Å². The fraction of sp³-hybridized carbons (Fsp3) is 1.00. The molecule has 11 heavy (non-hydrogen) atoms. The van der Waals surface area contributed by atoms with Crippen molar-refractivity contribution in [3.8, 4) is 0 Å². The van der Waals surface area contributed by atoms with Gasteiger partial charge in [0.15, 0.2) is 0 Å². The summed E-state index contributed by atoms with van der Waals surface area (Å²) in [6.07, 6.45) is 1.41. The summed E-state index contributed by atoms with van der Waals surface area (Å²) in [6, 6.07) is 0.370. The van der Waals surface area contributed by atoms with Gasteiger partial charge >= 0.3 is 0 Å². The number of nitrogens with zero attached hydrogens (tertiary/aromatic N) is 1. The second-order valence-corrected chi connectivity index (χ2v) is 3.55. The Hall–Kier alpha value is -0.180. The lowest BCUT2D eigenvalue weighted by Gasteiger charge is -2.32. The average Bonchev–Trinajstić information content (AvgIpc) is 1.86. The Morgan fingerprint density at radius 2 is 1.64 bits per heavy atom. The summed E-state index contributed by atoms with van der Waals surface area (Å²) < 4.78 is 25.2. The first-order chi connectivity index (χ1) is 5.01. The van der Waals surface area contributed by atoms with E-state index in [9.17, 15) is 8.78 Å². The molecule has 0 aliphatic heterocycles. The van der Waals surface area contributed by atoms with Gasteiger partial charge in [0, 0.05) is 18.9 Å². The highest BCUT2D eigenvalue weighted by Crippen LogP contribution is 2.34. The van der Waals surface area contributed by atoms with E-state index in [4.69, 9.17) is 0 Å². The molecule has 0 saturated heterocycles. The van der Waals surface area contributed by atoms with E-state index >= 15 is 0 Å². The van der Waals surface area contributed by atoms with Gasteiger partial charge in [-0.1, -0.05) is 0 Å². The largest absolute Gasteiger partial charge is 0.306 e. The minimum atomic E-state index is -2.38. The maximum atomic E-state index is 12.6. The maximum Gasteiger partial charge on any atom is 0.248 e. The van der Waals surface area contributed by atoms with Crippen LogP contribution in [0.1, 0.15) is 25.7 Å². The topological polar surface area (TPSA) is 3.24 Å². The lowest BCUT2D eigenvalue weighted by atomic mass is 9.92. The quantitative estimate of drug-likeness (QED) is 0.572. The van der Waals surface area contributed by atoms with E-state index in [-0.39, 0.29) is 12.8 Å². The third-order valence-corrected chi connectivity index (χ3v) is 2.42. The molecule has 3 heteroatoms. The van der Waals surface area contributed by atoms with Gasteiger partial charge in [-0.25, -0.2) is 8.78 Å². The van der Waals surface area contributed by atoms with E-state index in [0.717, 1.165) is 0 Å². The molecule has 1 fully saturated rings. The van der Waals surface area contributed by atoms with Gasteiger partial charge in [-0.3, -0.25) is 0 Å². The monoisotopic (exact) mass is 163 g/mol. The van der Waals surface area contributed by atoms with E-state index in [1.807, 2.05) is 19.0 Å². The molecule has 0 aromatic heterocycles. The summed E-state index contributed by atoms with van der Waals surface area (Å²) in [5.41, 5.74) is 0. The van der Waals surface area contributed by atoms with Crippen molar-refractivity contribution in [2.75, 3.05) is 14.1 Å². The SMILES string of the molecule is CN(C)C1CCC(F)(F)CC1. The summed E-state index contributed by atoms with van der Waals surface area (Å²) in [6.45, 7) is 0. The van der Waals surface area contributed by atoms with Crippen LogP contribution in [0.2, 0.25) is 0 Å². The zero-order chi connectivity index (χ0) is 8.48. The van der Waals surface area contributed by atoms with E-state index in [1.165, 1.54) is 0 Å². The van der Waals surface area contributed by atoms with Crippen LogP contribution < -0.4 is 0 Å². The Bertz CT molecular complexity index is 124. The van der Waals surface area contributed by atoms with Gasteiger partial charge in [0.1, 0.15) is 0 Å². The summed E-state index contributed by atoms with van der Waals surface area (Å²) in [5, 5.41) is 0. The minimum absolute atomic E-state index is 0.0653. The van der Waals surface area contributed by atoms with Crippen LogP contribution in [0.4, 0.5) is 8.78 Å². The van der Waals surface area contributed by atoms with Crippen LogP contribution in [0.5, 0.6) is 0 Å². The Balaban J connectivity index is 2.36. The molecule has 1 aliphatic rings. The number of hydrogen-bond acceptors (Lipinski definition) is 1. The van der Waals surface area contributed by atoms with Crippen LogP contribution in [0, 0.1) is 0 Å². The molecule has 0 atom stereocenters. The number of hydrogen-bond donors (Lipinski definition) is 0. The summed E-state index contributed by atoms with van der Waals surface area (Å²) in [5.74, 6) is -2.38. The third kappa shape index (κ3) is 2.40. The molecule has 0 aromatic rings. The second-order valence-electron chi connectivity index (χ2n) is 3.55. The fourth-order valence-electron chi connectivity index (χ4n) is 1.54. The van der Waals surface area contributed by atoms with E-state index in [2.05, 4.69) is 0 Å². The molecule has 0 aromatic carbocycles. The van der Waals surface area contributed by atoms with Crippen molar-refractivity contribution in [1.82, 2.24) is 4.90 Å². The van der Waals surface area contributed by atoms with Crippen LogP contribution in [-0.2, 0) is 0 Å². The molecule has 66 valence electrons. The zero-order valence-corrected chi connectivity index (χ0v) is 7.11. The highest BCUT2D eigenvalue weighted by atomic mass is 19.3. The Morgan fingerprint density at radius 3 is 2.00 bits per heavy atom. The molecule has 1 nitrogen and oxygen atoms in total. The van der Waals surface area contributed by atoms with Gasteiger partial charge < -0.3 is 4.90 Å². The normalized spacial score (nSPS) is 25.9. The summed E-state index contributed by atoms with van der Waals surface area (Å²) in [4.78, 5) is 2.04. The molecule has 0 amide bonds. The smallest absolute Gasteiger partial charge is 0.248 e. The Morgan fingerprint density at radius 1 is 1.18 bits per heavy atom. The van der Waals surface area contributed by atoms with Crippen molar-refractivity contribution in [3.05, 3.63) is 0 Å². The van der Waals surface area contributed by atoms with Crippen LogP contribution in [0.25, 0.3) is 0 Å². The number of rotatable bonds is 1. The lowest BCUT2D eigenvalue weighted by molar-refractivity contribution is -0.0491. The number of alkyl halides is 2. The Labute approximate surface area is 66.4 Å². The van der Waals surface area contributed by atoms with E-state index < -0.39 is 5.92 Å². The highest BCUT2D eigenvalue weighted by Gasteiger charge is 2.35. The van der Waals surface area contributed by atoms with E-state index in [1.54, 1.807) is 0 Å². The van der Waals surface area contributed by atoms with E-state index in [0.29, 0.717) is 18.9 Å². The molecule has 0 bridgehead atoms. The predicted molar refractivity (Wildman–Crippen MR) is 40.9 cm³/mol. The minimum Gasteiger partial charge on any atom is -0.306 e. The summed E-state index contributed by atoms with van der Waals surface area (Å²) >= 11 is 0. The molecule has 1 aliphatic carbocycles. The molecular formula is C8H15F2N. The first kappa shape index (κ1) is 8.91. The zero-order valence-electron chi connectivity index (χ0n) is 7.11. The first-order valence-electron chi connectivity index (χ1n) is 4.05.